The van der Waals surface area contributed by atoms with Crippen LogP contribution in [-0.4, -0.2) is 35.2 Å². The second-order valence-electron chi connectivity index (χ2n) is 2.95. The lowest BCUT2D eigenvalue weighted by Gasteiger charge is -2.32. The first kappa shape index (κ1) is 10.4. The number of rotatable bonds is 4. The summed E-state index contributed by atoms with van der Waals surface area (Å²) >= 11 is 1.38. The van der Waals surface area contributed by atoms with Gasteiger partial charge in [0.15, 0.2) is 0 Å². The van der Waals surface area contributed by atoms with Crippen molar-refractivity contribution in [3.05, 3.63) is 0 Å². The van der Waals surface area contributed by atoms with Gasteiger partial charge in [0.05, 0.1) is 18.8 Å². The zero-order valence-electron chi connectivity index (χ0n) is 7.36. The Labute approximate surface area is 80.6 Å². The van der Waals surface area contributed by atoms with E-state index < -0.39 is 5.97 Å². The molecule has 0 aromatic rings. The third kappa shape index (κ3) is 2.62. The molecule has 74 valence electrons. The third-order valence-electron chi connectivity index (χ3n) is 2.17. The van der Waals surface area contributed by atoms with Crippen molar-refractivity contribution in [2.75, 3.05) is 12.9 Å². The van der Waals surface area contributed by atoms with Crippen molar-refractivity contribution in [1.82, 2.24) is 0 Å². The van der Waals surface area contributed by atoms with Crippen molar-refractivity contribution >= 4 is 23.7 Å². The van der Waals surface area contributed by atoms with E-state index in [-0.39, 0.29) is 22.9 Å². The van der Waals surface area contributed by atoms with E-state index in [0.29, 0.717) is 0 Å². The number of methoxy groups -OCH3 is 1. The molecule has 0 saturated heterocycles. The van der Waals surface area contributed by atoms with E-state index in [1.54, 1.807) is 0 Å². The molecule has 0 heterocycles. The maximum atomic E-state index is 10.7. The first-order chi connectivity index (χ1) is 6.15. The minimum absolute atomic E-state index is 0.0941. The van der Waals surface area contributed by atoms with Gasteiger partial charge in [-0.3, -0.25) is 9.59 Å². The highest BCUT2D eigenvalue weighted by Crippen LogP contribution is 2.37. The number of ether oxygens (including phenoxy) is 1. The molecular weight excluding hydrogens is 192 g/mol. The van der Waals surface area contributed by atoms with Gasteiger partial charge in [0.2, 0.25) is 0 Å². The zero-order valence-corrected chi connectivity index (χ0v) is 8.17. The summed E-state index contributed by atoms with van der Waals surface area (Å²) in [4.78, 5) is 21.3. The predicted molar refractivity (Wildman–Crippen MR) is 48.6 cm³/mol. The molecule has 1 saturated carbocycles. The molecule has 1 aliphatic carbocycles. The number of thioether (sulfide) groups is 1. The highest BCUT2D eigenvalue weighted by molar-refractivity contribution is 8.00. The van der Waals surface area contributed by atoms with Gasteiger partial charge in [-0.15, -0.1) is 11.8 Å². The summed E-state index contributed by atoms with van der Waals surface area (Å²) in [5.41, 5.74) is 0. The number of aliphatic carboxylic acids is 1. The van der Waals surface area contributed by atoms with E-state index in [0.717, 1.165) is 12.8 Å². The number of carbonyl (C=O) groups excluding carboxylic acids is 1. The van der Waals surface area contributed by atoms with Crippen molar-refractivity contribution in [2.45, 2.75) is 18.1 Å². The van der Waals surface area contributed by atoms with Gasteiger partial charge in [-0.25, -0.2) is 0 Å². The minimum atomic E-state index is -0.756. The minimum Gasteiger partial charge on any atom is -0.481 e. The van der Waals surface area contributed by atoms with E-state index in [1.807, 2.05) is 0 Å². The van der Waals surface area contributed by atoms with Crippen LogP contribution in [0.5, 0.6) is 0 Å². The fourth-order valence-corrected chi connectivity index (χ4v) is 2.44. The first-order valence-electron chi connectivity index (χ1n) is 4.06. The molecule has 0 aromatic heterocycles. The number of carbonyl (C=O) groups is 2. The summed E-state index contributed by atoms with van der Waals surface area (Å²) < 4.78 is 4.46. The predicted octanol–water partition coefficient (Wildman–Crippen LogP) is 0.756. The van der Waals surface area contributed by atoms with Crippen LogP contribution in [0.4, 0.5) is 0 Å². The van der Waals surface area contributed by atoms with E-state index in [4.69, 9.17) is 5.11 Å². The zero-order chi connectivity index (χ0) is 9.84. The second-order valence-corrected chi connectivity index (χ2v) is 4.18. The van der Waals surface area contributed by atoms with Gasteiger partial charge in [-0.2, -0.15) is 0 Å². The monoisotopic (exact) mass is 204 g/mol. The summed E-state index contributed by atoms with van der Waals surface area (Å²) in [5, 5.41) is 8.79. The molecule has 1 N–H and O–H groups in total. The standard InChI is InChI=1S/C8H12O4S/c1-12-7(9)4-13-6-3-2-5(6)8(10)11/h5-6H,2-4H2,1H3,(H,10,11). The second kappa shape index (κ2) is 4.50. The van der Waals surface area contributed by atoms with Crippen molar-refractivity contribution < 1.29 is 19.4 Å². The normalized spacial score (nSPS) is 26.2. The van der Waals surface area contributed by atoms with Gasteiger partial charge in [0, 0.05) is 5.25 Å². The Bertz CT molecular complexity index is 216. The molecule has 4 nitrogen and oxygen atoms in total. The Morgan fingerprint density at radius 3 is 2.62 bits per heavy atom. The first-order valence-corrected chi connectivity index (χ1v) is 5.11. The number of hydrogen-bond acceptors (Lipinski definition) is 4. The third-order valence-corrected chi connectivity index (χ3v) is 3.57. The molecule has 0 spiro atoms. The molecular formula is C8H12O4S. The van der Waals surface area contributed by atoms with Crippen LogP contribution >= 0.6 is 11.8 Å². The van der Waals surface area contributed by atoms with Crippen LogP contribution in [0.15, 0.2) is 0 Å². The summed E-state index contributed by atoms with van der Waals surface area (Å²) in [6, 6.07) is 0. The summed E-state index contributed by atoms with van der Waals surface area (Å²) in [6.45, 7) is 0. The van der Waals surface area contributed by atoms with Crippen molar-refractivity contribution in [3.8, 4) is 0 Å². The van der Waals surface area contributed by atoms with Gasteiger partial charge in [0.1, 0.15) is 0 Å². The van der Waals surface area contributed by atoms with Crippen molar-refractivity contribution in [1.29, 1.82) is 0 Å². The average molecular weight is 204 g/mol. The van der Waals surface area contributed by atoms with E-state index in [9.17, 15) is 9.59 Å². The van der Waals surface area contributed by atoms with Gasteiger partial charge in [-0.1, -0.05) is 0 Å². The van der Waals surface area contributed by atoms with Gasteiger partial charge >= 0.3 is 11.9 Å². The summed E-state index contributed by atoms with van der Waals surface area (Å²) in [5.74, 6) is -1.06. The van der Waals surface area contributed by atoms with Gasteiger partial charge in [0.25, 0.3) is 0 Å². The van der Waals surface area contributed by atoms with Gasteiger partial charge in [-0.05, 0) is 12.8 Å². The quantitative estimate of drug-likeness (QED) is 0.685. The highest BCUT2D eigenvalue weighted by atomic mass is 32.2. The van der Waals surface area contributed by atoms with Crippen LogP contribution in [0.25, 0.3) is 0 Å². The van der Waals surface area contributed by atoms with Crippen LogP contribution in [0.1, 0.15) is 12.8 Å². The van der Waals surface area contributed by atoms with Crippen LogP contribution < -0.4 is 0 Å². The number of carboxylic acids is 1. The van der Waals surface area contributed by atoms with E-state index in [1.165, 1.54) is 18.9 Å². The Kier molecular flexibility index (Phi) is 3.59. The molecule has 1 aliphatic rings. The fourth-order valence-electron chi connectivity index (χ4n) is 1.19. The molecule has 0 aliphatic heterocycles. The van der Waals surface area contributed by atoms with E-state index >= 15 is 0 Å². The Balaban J connectivity index is 2.23. The highest BCUT2D eigenvalue weighted by Gasteiger charge is 2.37. The Hall–Kier alpha value is -0.710. The summed E-state index contributed by atoms with van der Waals surface area (Å²) in [6.07, 6.45) is 1.62. The molecule has 2 unspecified atom stereocenters. The molecule has 1 fully saturated rings. The smallest absolute Gasteiger partial charge is 0.315 e. The van der Waals surface area contributed by atoms with Crippen LogP contribution in [0, 0.1) is 5.92 Å². The Morgan fingerprint density at radius 2 is 2.23 bits per heavy atom. The average Bonchev–Trinajstić information content (AvgIpc) is 2.01. The fraction of sp³-hybridized carbons (Fsp3) is 0.750. The number of carboxylic acid groups (broad SMARTS) is 1. The Morgan fingerprint density at radius 1 is 1.54 bits per heavy atom. The van der Waals surface area contributed by atoms with Crippen LogP contribution in [0.3, 0.4) is 0 Å². The topological polar surface area (TPSA) is 63.6 Å². The molecule has 1 rings (SSSR count). The lowest BCUT2D eigenvalue weighted by Crippen LogP contribution is -2.35. The van der Waals surface area contributed by atoms with Crippen LogP contribution in [-0.2, 0) is 14.3 Å². The molecule has 0 aromatic carbocycles. The van der Waals surface area contributed by atoms with E-state index in [2.05, 4.69) is 4.74 Å². The maximum absolute atomic E-state index is 10.7. The van der Waals surface area contributed by atoms with Crippen LogP contribution in [0.2, 0.25) is 0 Å². The number of esters is 1. The summed E-state index contributed by atoms with van der Waals surface area (Å²) in [7, 11) is 1.33. The number of hydrogen-bond donors (Lipinski definition) is 1. The van der Waals surface area contributed by atoms with Gasteiger partial charge < -0.3 is 9.84 Å². The molecule has 0 bridgehead atoms. The lowest BCUT2D eigenvalue weighted by molar-refractivity contribution is -0.144. The molecule has 13 heavy (non-hydrogen) atoms. The molecule has 0 radical (unpaired) electrons. The SMILES string of the molecule is COC(=O)CSC1CCC1C(=O)O. The lowest BCUT2D eigenvalue weighted by atomic mass is 9.85. The molecule has 0 amide bonds. The molecule has 5 heteroatoms. The molecule has 2 atom stereocenters. The maximum Gasteiger partial charge on any atom is 0.315 e. The largest absolute Gasteiger partial charge is 0.481 e. The van der Waals surface area contributed by atoms with Crippen molar-refractivity contribution in [2.24, 2.45) is 5.92 Å². The van der Waals surface area contributed by atoms with Crippen molar-refractivity contribution in [3.63, 3.8) is 0 Å².